The second kappa shape index (κ2) is 5.85. The van der Waals surface area contributed by atoms with Crippen molar-refractivity contribution in [3.05, 3.63) is 29.1 Å². The van der Waals surface area contributed by atoms with Crippen LogP contribution in [-0.2, 0) is 6.42 Å². The summed E-state index contributed by atoms with van der Waals surface area (Å²) in [7, 11) is 0. The summed E-state index contributed by atoms with van der Waals surface area (Å²) in [5.74, 6) is 1.19. The molecule has 0 fully saturated rings. The maximum Gasteiger partial charge on any atom is 0.0872 e. The number of nitrogens with zero attached hydrogens (tertiary/aromatic N) is 2. The van der Waals surface area contributed by atoms with Crippen LogP contribution in [0, 0.1) is 5.92 Å². The van der Waals surface area contributed by atoms with Crippen LogP contribution in [0.25, 0.3) is 0 Å². The molecule has 2 heteroatoms. The number of pyridine rings is 1. The van der Waals surface area contributed by atoms with Crippen LogP contribution in [0.3, 0.4) is 0 Å². The Morgan fingerprint density at radius 2 is 1.95 bits per heavy atom. The zero-order valence-corrected chi connectivity index (χ0v) is 12.9. The van der Waals surface area contributed by atoms with E-state index in [0.29, 0.717) is 17.9 Å². The van der Waals surface area contributed by atoms with Crippen molar-refractivity contribution < 1.29 is 0 Å². The monoisotopic (exact) mass is 258 g/mol. The van der Waals surface area contributed by atoms with Crippen LogP contribution in [0.2, 0.25) is 0 Å². The number of aromatic nitrogens is 1. The summed E-state index contributed by atoms with van der Waals surface area (Å²) >= 11 is 0. The fourth-order valence-corrected chi connectivity index (χ4v) is 2.78. The SMILES string of the molecule is CC1=NC(CC(C)C)CCc2ccc(C(C)C)nc21. The van der Waals surface area contributed by atoms with Crippen molar-refractivity contribution in [3.63, 3.8) is 0 Å². The smallest absolute Gasteiger partial charge is 0.0872 e. The summed E-state index contributed by atoms with van der Waals surface area (Å²) in [4.78, 5) is 9.75. The topological polar surface area (TPSA) is 25.2 Å². The Bertz CT molecular complexity index is 472. The van der Waals surface area contributed by atoms with E-state index in [1.807, 2.05) is 0 Å². The van der Waals surface area contributed by atoms with Gasteiger partial charge in [0.25, 0.3) is 0 Å². The van der Waals surface area contributed by atoms with Crippen molar-refractivity contribution in [1.82, 2.24) is 4.98 Å². The molecule has 0 aliphatic carbocycles. The molecule has 0 amide bonds. The minimum absolute atomic E-state index is 0.469. The van der Waals surface area contributed by atoms with Crippen LogP contribution < -0.4 is 0 Å². The first-order chi connectivity index (χ1) is 8.97. The van der Waals surface area contributed by atoms with Gasteiger partial charge in [0.15, 0.2) is 0 Å². The normalized spacial score (nSPS) is 19.3. The lowest BCUT2D eigenvalue weighted by Crippen LogP contribution is -2.10. The van der Waals surface area contributed by atoms with Crippen LogP contribution in [0.4, 0.5) is 0 Å². The molecule has 0 saturated carbocycles. The molecule has 1 aromatic rings. The number of hydrogen-bond donors (Lipinski definition) is 0. The van der Waals surface area contributed by atoms with E-state index in [9.17, 15) is 0 Å². The Labute approximate surface area is 117 Å². The van der Waals surface area contributed by atoms with E-state index < -0.39 is 0 Å². The molecule has 0 radical (unpaired) electrons. The molecule has 2 rings (SSSR count). The summed E-state index contributed by atoms with van der Waals surface area (Å²) in [6.07, 6.45) is 3.45. The predicted molar refractivity (Wildman–Crippen MR) is 82.1 cm³/mol. The lowest BCUT2D eigenvalue weighted by molar-refractivity contribution is 0.477. The van der Waals surface area contributed by atoms with E-state index in [2.05, 4.69) is 46.8 Å². The molecule has 19 heavy (non-hydrogen) atoms. The minimum Gasteiger partial charge on any atom is -0.284 e. The van der Waals surface area contributed by atoms with Crippen molar-refractivity contribution in [2.45, 2.75) is 65.8 Å². The van der Waals surface area contributed by atoms with Crippen molar-refractivity contribution in [2.24, 2.45) is 10.9 Å². The summed E-state index contributed by atoms with van der Waals surface area (Å²) in [6, 6.07) is 4.91. The Balaban J connectivity index is 2.31. The molecular formula is C17H26N2. The first-order valence-electron chi connectivity index (χ1n) is 7.52. The molecule has 1 aliphatic rings. The number of aliphatic imine (C=N–C) groups is 1. The van der Waals surface area contributed by atoms with Gasteiger partial charge in [-0.05, 0) is 49.7 Å². The molecular weight excluding hydrogens is 232 g/mol. The van der Waals surface area contributed by atoms with Gasteiger partial charge in [-0.15, -0.1) is 0 Å². The number of rotatable bonds is 3. The largest absolute Gasteiger partial charge is 0.284 e. The summed E-state index contributed by atoms with van der Waals surface area (Å²) in [6.45, 7) is 11.1. The highest BCUT2D eigenvalue weighted by Crippen LogP contribution is 2.23. The average Bonchev–Trinajstić information content (AvgIpc) is 2.48. The van der Waals surface area contributed by atoms with Crippen LogP contribution in [0.5, 0.6) is 0 Å². The lowest BCUT2D eigenvalue weighted by Gasteiger charge is -2.13. The lowest BCUT2D eigenvalue weighted by atomic mass is 9.98. The summed E-state index contributed by atoms with van der Waals surface area (Å²) < 4.78 is 0. The quantitative estimate of drug-likeness (QED) is 0.790. The zero-order chi connectivity index (χ0) is 14.0. The zero-order valence-electron chi connectivity index (χ0n) is 12.9. The van der Waals surface area contributed by atoms with E-state index in [-0.39, 0.29) is 0 Å². The van der Waals surface area contributed by atoms with Gasteiger partial charge in [-0.1, -0.05) is 33.8 Å². The third kappa shape index (κ3) is 3.43. The van der Waals surface area contributed by atoms with Gasteiger partial charge < -0.3 is 0 Å². The number of aryl methyl sites for hydroxylation is 1. The van der Waals surface area contributed by atoms with Gasteiger partial charge in [0, 0.05) is 5.69 Å². The maximum atomic E-state index is 4.91. The van der Waals surface area contributed by atoms with Crippen LogP contribution >= 0.6 is 0 Å². The van der Waals surface area contributed by atoms with E-state index in [4.69, 9.17) is 9.98 Å². The van der Waals surface area contributed by atoms with Gasteiger partial charge in [-0.3, -0.25) is 9.98 Å². The standard InChI is InChI=1S/C17H26N2/c1-11(2)10-15-8-6-14-7-9-16(12(3)4)19-17(14)13(5)18-15/h7,9,11-12,15H,6,8,10H2,1-5H3. The number of hydrogen-bond acceptors (Lipinski definition) is 2. The molecule has 104 valence electrons. The molecule has 1 atom stereocenters. The molecule has 1 aliphatic heterocycles. The van der Waals surface area contributed by atoms with Crippen LogP contribution in [0.15, 0.2) is 17.1 Å². The van der Waals surface area contributed by atoms with Gasteiger partial charge in [-0.2, -0.15) is 0 Å². The first-order valence-corrected chi connectivity index (χ1v) is 7.52. The van der Waals surface area contributed by atoms with Gasteiger partial charge in [0.1, 0.15) is 0 Å². The first kappa shape index (κ1) is 14.2. The molecule has 2 nitrogen and oxygen atoms in total. The summed E-state index contributed by atoms with van der Waals surface area (Å²) in [5.41, 5.74) is 4.81. The molecule has 0 aromatic carbocycles. The molecule has 0 N–H and O–H groups in total. The van der Waals surface area contributed by atoms with E-state index in [1.165, 1.54) is 17.7 Å². The van der Waals surface area contributed by atoms with E-state index in [1.54, 1.807) is 0 Å². The molecule has 0 spiro atoms. The van der Waals surface area contributed by atoms with Crippen molar-refractivity contribution in [2.75, 3.05) is 0 Å². The van der Waals surface area contributed by atoms with Crippen molar-refractivity contribution in [1.29, 1.82) is 0 Å². The molecule has 1 aromatic heterocycles. The van der Waals surface area contributed by atoms with Crippen LogP contribution in [-0.4, -0.2) is 16.7 Å². The molecule has 2 heterocycles. The second-order valence-electron chi connectivity index (χ2n) is 6.44. The van der Waals surface area contributed by atoms with E-state index >= 15 is 0 Å². The van der Waals surface area contributed by atoms with E-state index in [0.717, 1.165) is 24.2 Å². The molecule has 0 bridgehead atoms. The van der Waals surface area contributed by atoms with Gasteiger partial charge >= 0.3 is 0 Å². The fourth-order valence-electron chi connectivity index (χ4n) is 2.78. The van der Waals surface area contributed by atoms with Crippen molar-refractivity contribution >= 4 is 5.71 Å². The van der Waals surface area contributed by atoms with Gasteiger partial charge in [0.2, 0.25) is 0 Å². The molecule has 0 saturated heterocycles. The van der Waals surface area contributed by atoms with Gasteiger partial charge in [0.05, 0.1) is 17.4 Å². The molecule has 1 unspecified atom stereocenters. The average molecular weight is 258 g/mol. The third-order valence-corrected chi connectivity index (χ3v) is 3.80. The Morgan fingerprint density at radius 3 is 2.58 bits per heavy atom. The third-order valence-electron chi connectivity index (χ3n) is 3.80. The van der Waals surface area contributed by atoms with Gasteiger partial charge in [-0.25, -0.2) is 0 Å². The predicted octanol–water partition coefficient (Wildman–Crippen LogP) is 4.37. The minimum atomic E-state index is 0.469. The maximum absolute atomic E-state index is 4.91. The fraction of sp³-hybridized carbons (Fsp3) is 0.647. The Morgan fingerprint density at radius 1 is 1.21 bits per heavy atom. The Kier molecular flexibility index (Phi) is 4.38. The second-order valence-corrected chi connectivity index (χ2v) is 6.44. The van der Waals surface area contributed by atoms with Crippen LogP contribution in [0.1, 0.15) is 70.3 Å². The highest BCUT2D eigenvalue weighted by Gasteiger charge is 2.19. The highest BCUT2D eigenvalue weighted by atomic mass is 14.8. The number of fused-ring (bicyclic) bond motifs is 1. The highest BCUT2D eigenvalue weighted by molar-refractivity contribution is 5.98. The Hall–Kier alpha value is -1.18. The van der Waals surface area contributed by atoms with Crippen molar-refractivity contribution in [3.8, 4) is 0 Å². The summed E-state index contributed by atoms with van der Waals surface area (Å²) in [5, 5.41) is 0.